The van der Waals surface area contributed by atoms with Gasteiger partial charge in [0, 0.05) is 0 Å². The van der Waals surface area contributed by atoms with Crippen LogP contribution in [0.15, 0.2) is 12.1 Å². The smallest absolute Gasteiger partial charge is 0.203 e. The molecule has 3 heteroatoms. The predicted octanol–water partition coefficient (Wildman–Crippen LogP) is 11.8. The molecule has 0 fully saturated rings. The molecule has 0 saturated carbocycles. The first kappa shape index (κ1) is 35.6. The van der Waals surface area contributed by atoms with Gasteiger partial charge in [0.15, 0.2) is 11.5 Å². The molecule has 1 aromatic rings. The fraction of sp³-hybridized carbons (Fsp3) is 0.806. The molecule has 39 heavy (non-hydrogen) atoms. The maximum Gasteiger partial charge on any atom is 0.203 e. The van der Waals surface area contributed by atoms with Crippen LogP contribution in [0.4, 0.5) is 0 Å². The molecule has 1 radical (unpaired) electrons. The molecule has 0 bridgehead atoms. The molecule has 0 spiro atoms. The highest BCUT2D eigenvalue weighted by atomic mass is 16.5. The van der Waals surface area contributed by atoms with E-state index in [1.165, 1.54) is 121 Å². The van der Waals surface area contributed by atoms with Crippen LogP contribution < -0.4 is 14.2 Å². The summed E-state index contributed by atoms with van der Waals surface area (Å²) in [5.41, 5.74) is 1.23. The van der Waals surface area contributed by atoms with Gasteiger partial charge in [0.25, 0.3) is 0 Å². The van der Waals surface area contributed by atoms with Crippen molar-refractivity contribution in [1.29, 1.82) is 0 Å². The predicted molar refractivity (Wildman–Crippen MR) is 171 cm³/mol. The Bertz CT molecular complexity index is 616. The fourth-order valence-electron chi connectivity index (χ4n) is 5.05. The van der Waals surface area contributed by atoms with E-state index in [0.29, 0.717) is 0 Å². The van der Waals surface area contributed by atoms with E-state index in [1.54, 1.807) is 0 Å². The van der Waals surface area contributed by atoms with Gasteiger partial charge in [-0.15, -0.1) is 0 Å². The zero-order valence-corrected chi connectivity index (χ0v) is 26.5. The lowest BCUT2D eigenvalue weighted by molar-refractivity contribution is 0.234. The lowest BCUT2D eigenvalue weighted by Gasteiger charge is -2.19. The average molecular weight is 546 g/mol. The standard InChI is InChI=1S/C36H65O3/c1-5-9-12-15-18-21-24-28-37-34-31-33(27-8-4)32-35(38-29-25-22-19-16-13-10-6-2)36(34)39-30-26-23-20-17-14-11-7-3/h31-32H,4-30H2,1-3H3. The highest BCUT2D eigenvalue weighted by Crippen LogP contribution is 2.40. The zero-order chi connectivity index (χ0) is 28.2. The van der Waals surface area contributed by atoms with E-state index in [1.807, 2.05) is 0 Å². The molecule has 0 aromatic heterocycles. The summed E-state index contributed by atoms with van der Waals surface area (Å²) >= 11 is 0. The van der Waals surface area contributed by atoms with Gasteiger partial charge >= 0.3 is 0 Å². The monoisotopic (exact) mass is 545 g/mol. The summed E-state index contributed by atoms with van der Waals surface area (Å²) in [6.45, 7) is 13.1. The summed E-state index contributed by atoms with van der Waals surface area (Å²) in [5, 5.41) is 0. The summed E-state index contributed by atoms with van der Waals surface area (Å²) in [4.78, 5) is 0. The van der Waals surface area contributed by atoms with Crippen molar-refractivity contribution in [3.8, 4) is 17.2 Å². The normalized spacial score (nSPS) is 11.2. The summed E-state index contributed by atoms with van der Waals surface area (Å²) in [6, 6.07) is 4.35. The van der Waals surface area contributed by atoms with Crippen LogP contribution in [0.1, 0.15) is 168 Å². The molecule has 0 aliphatic heterocycles. The van der Waals surface area contributed by atoms with Crippen LogP contribution in [-0.4, -0.2) is 19.8 Å². The van der Waals surface area contributed by atoms with Gasteiger partial charge in [-0.05, 0) is 49.8 Å². The molecule has 0 unspecified atom stereocenters. The first-order valence-corrected chi connectivity index (χ1v) is 17.1. The van der Waals surface area contributed by atoms with Gasteiger partial charge in [-0.3, -0.25) is 0 Å². The van der Waals surface area contributed by atoms with Gasteiger partial charge in [-0.1, -0.05) is 143 Å². The third-order valence-corrected chi connectivity index (χ3v) is 7.55. The van der Waals surface area contributed by atoms with Gasteiger partial charge in [-0.25, -0.2) is 0 Å². The van der Waals surface area contributed by atoms with Crippen molar-refractivity contribution in [1.82, 2.24) is 0 Å². The van der Waals surface area contributed by atoms with E-state index in [2.05, 4.69) is 39.8 Å². The van der Waals surface area contributed by atoms with Crippen molar-refractivity contribution in [2.75, 3.05) is 19.8 Å². The maximum atomic E-state index is 6.41. The Morgan fingerprint density at radius 2 is 0.795 bits per heavy atom. The Hall–Kier alpha value is -1.38. The molecule has 0 amide bonds. The van der Waals surface area contributed by atoms with Crippen LogP contribution >= 0.6 is 0 Å². The Morgan fingerprint density at radius 3 is 1.15 bits per heavy atom. The van der Waals surface area contributed by atoms with Crippen molar-refractivity contribution in [3.63, 3.8) is 0 Å². The lowest BCUT2D eigenvalue weighted by Crippen LogP contribution is -2.07. The summed E-state index contributed by atoms with van der Waals surface area (Å²) in [7, 11) is 0. The van der Waals surface area contributed by atoms with Crippen molar-refractivity contribution in [3.05, 3.63) is 24.6 Å². The fourth-order valence-corrected chi connectivity index (χ4v) is 5.05. The largest absolute Gasteiger partial charge is 0.490 e. The molecule has 0 heterocycles. The van der Waals surface area contributed by atoms with E-state index in [9.17, 15) is 0 Å². The minimum absolute atomic E-state index is 0.726. The molecule has 0 N–H and O–H groups in total. The minimum atomic E-state index is 0.726. The van der Waals surface area contributed by atoms with Gasteiger partial charge in [-0.2, -0.15) is 0 Å². The van der Waals surface area contributed by atoms with Crippen LogP contribution in [-0.2, 0) is 6.42 Å². The molecular weight excluding hydrogens is 480 g/mol. The molecule has 0 aliphatic rings. The highest BCUT2D eigenvalue weighted by Gasteiger charge is 2.16. The first-order chi connectivity index (χ1) is 19.3. The van der Waals surface area contributed by atoms with Crippen LogP contribution in [0.2, 0.25) is 0 Å². The molecule has 1 rings (SSSR count). The third-order valence-electron chi connectivity index (χ3n) is 7.55. The lowest BCUT2D eigenvalue weighted by atomic mass is 10.1. The SMILES string of the molecule is [CH2]CCc1cc(OCCCCCCCCC)c(OCCCCCCCCC)c(OCCCCCCCCC)c1. The number of ether oxygens (including phenoxy) is 3. The number of aryl methyl sites for hydroxylation is 1. The van der Waals surface area contributed by atoms with Gasteiger partial charge in [0.1, 0.15) is 0 Å². The highest BCUT2D eigenvalue weighted by molar-refractivity contribution is 5.54. The van der Waals surface area contributed by atoms with E-state index in [0.717, 1.165) is 69.2 Å². The van der Waals surface area contributed by atoms with E-state index in [-0.39, 0.29) is 0 Å². The Labute approximate surface area is 244 Å². The number of hydrogen-bond acceptors (Lipinski definition) is 3. The van der Waals surface area contributed by atoms with Crippen molar-refractivity contribution in [2.45, 2.75) is 168 Å². The van der Waals surface area contributed by atoms with Gasteiger partial charge in [0.05, 0.1) is 19.8 Å². The Balaban J connectivity index is 2.71. The van der Waals surface area contributed by atoms with Gasteiger partial charge in [0.2, 0.25) is 5.75 Å². The molecule has 0 atom stereocenters. The first-order valence-electron chi connectivity index (χ1n) is 17.1. The van der Waals surface area contributed by atoms with Crippen molar-refractivity contribution >= 4 is 0 Å². The number of hydrogen-bond donors (Lipinski definition) is 0. The van der Waals surface area contributed by atoms with Crippen LogP contribution in [0.3, 0.4) is 0 Å². The molecular formula is C36H65O3. The average Bonchev–Trinajstić information content (AvgIpc) is 2.94. The number of benzene rings is 1. The summed E-state index contributed by atoms with van der Waals surface area (Å²) < 4.78 is 19.2. The van der Waals surface area contributed by atoms with Gasteiger partial charge < -0.3 is 14.2 Å². The Kier molecular flexibility index (Phi) is 24.5. The number of rotatable bonds is 29. The molecule has 0 saturated heterocycles. The topological polar surface area (TPSA) is 27.7 Å². The quantitative estimate of drug-likeness (QED) is 0.0937. The molecule has 227 valence electrons. The van der Waals surface area contributed by atoms with Crippen LogP contribution in [0.5, 0.6) is 17.2 Å². The summed E-state index contributed by atoms with van der Waals surface area (Å²) in [5.74, 6) is 2.55. The second kappa shape index (κ2) is 26.8. The van der Waals surface area contributed by atoms with E-state index >= 15 is 0 Å². The second-order valence-corrected chi connectivity index (χ2v) is 11.4. The third kappa shape index (κ3) is 19.4. The maximum absolute atomic E-state index is 6.41. The van der Waals surface area contributed by atoms with E-state index in [4.69, 9.17) is 14.2 Å². The second-order valence-electron chi connectivity index (χ2n) is 11.4. The van der Waals surface area contributed by atoms with Crippen molar-refractivity contribution in [2.24, 2.45) is 0 Å². The zero-order valence-electron chi connectivity index (χ0n) is 26.5. The van der Waals surface area contributed by atoms with Crippen molar-refractivity contribution < 1.29 is 14.2 Å². The number of unbranched alkanes of at least 4 members (excludes halogenated alkanes) is 18. The van der Waals surface area contributed by atoms with Crippen LogP contribution in [0.25, 0.3) is 0 Å². The Morgan fingerprint density at radius 1 is 0.462 bits per heavy atom. The van der Waals surface area contributed by atoms with E-state index < -0.39 is 0 Å². The summed E-state index contributed by atoms with van der Waals surface area (Å²) in [6.07, 6.45) is 28.8. The molecule has 3 nitrogen and oxygen atoms in total. The molecule has 0 aliphatic carbocycles. The van der Waals surface area contributed by atoms with Crippen LogP contribution in [0, 0.1) is 6.92 Å². The minimum Gasteiger partial charge on any atom is -0.490 e. The molecule has 1 aromatic carbocycles.